The van der Waals surface area contributed by atoms with E-state index in [1.165, 1.54) is 32.5 Å². The highest BCUT2D eigenvalue weighted by molar-refractivity contribution is 4.96. The molecule has 0 saturated carbocycles. The molecule has 2 aliphatic rings. The van der Waals surface area contributed by atoms with Crippen molar-refractivity contribution in [2.75, 3.05) is 32.8 Å². The molecule has 0 radical (unpaired) electrons. The summed E-state index contributed by atoms with van der Waals surface area (Å²) in [6, 6.07) is 0. The first-order chi connectivity index (χ1) is 6.49. The molecule has 2 fully saturated rings. The van der Waals surface area contributed by atoms with Gasteiger partial charge in [-0.25, -0.2) is 0 Å². The van der Waals surface area contributed by atoms with Crippen LogP contribution in [0, 0.1) is 10.8 Å². The topological polar surface area (TPSA) is 12.5 Å². The van der Waals surface area contributed by atoms with E-state index in [2.05, 4.69) is 25.7 Å². The van der Waals surface area contributed by atoms with Gasteiger partial charge in [-0.15, -0.1) is 0 Å². The molecule has 2 rings (SSSR count). The smallest absolute Gasteiger partial charge is 0.0472 e. The molecule has 82 valence electrons. The quantitative estimate of drug-likeness (QED) is 0.638. The summed E-state index contributed by atoms with van der Waals surface area (Å²) in [6.45, 7) is 12.8. The van der Waals surface area contributed by atoms with Crippen molar-refractivity contribution in [3.8, 4) is 0 Å². The molecule has 0 atom stereocenters. The van der Waals surface area contributed by atoms with Crippen molar-refractivity contribution in [2.45, 2.75) is 33.6 Å². The third-order valence-corrected chi connectivity index (χ3v) is 3.37. The van der Waals surface area contributed by atoms with Crippen molar-refractivity contribution in [3.05, 3.63) is 0 Å². The van der Waals surface area contributed by atoms with Gasteiger partial charge in [0.05, 0.1) is 0 Å². The number of likely N-dealkylation sites (tertiary alicyclic amines) is 1. The first-order valence-corrected chi connectivity index (χ1v) is 5.79. The number of rotatable bonds is 1. The zero-order valence-electron chi connectivity index (χ0n) is 9.81. The monoisotopic (exact) mass is 197 g/mol. The molecule has 0 N–H and O–H groups in total. The standard InChI is InChI=1S/C12H23NO/c1-11(2,3)8-13-9-12(10-13)4-6-14-7-5-12/h4-10H2,1-3H3. The van der Waals surface area contributed by atoms with Crippen molar-refractivity contribution in [3.63, 3.8) is 0 Å². The molecule has 2 saturated heterocycles. The maximum Gasteiger partial charge on any atom is 0.0472 e. The van der Waals surface area contributed by atoms with Crippen LogP contribution >= 0.6 is 0 Å². The summed E-state index contributed by atoms with van der Waals surface area (Å²) in [5.41, 5.74) is 1.09. The summed E-state index contributed by atoms with van der Waals surface area (Å²) in [6.07, 6.45) is 2.57. The highest BCUT2D eigenvalue weighted by atomic mass is 16.5. The molecule has 0 aromatic carbocycles. The van der Waals surface area contributed by atoms with Crippen LogP contribution in [-0.4, -0.2) is 37.7 Å². The fourth-order valence-electron chi connectivity index (χ4n) is 2.81. The molecule has 2 heterocycles. The van der Waals surface area contributed by atoms with Crippen molar-refractivity contribution in [1.29, 1.82) is 0 Å². The third-order valence-electron chi connectivity index (χ3n) is 3.37. The lowest BCUT2D eigenvalue weighted by molar-refractivity contribution is -0.0893. The predicted octanol–water partition coefficient (Wildman–Crippen LogP) is 2.14. The van der Waals surface area contributed by atoms with E-state index >= 15 is 0 Å². The Labute approximate surface area is 87.6 Å². The maximum absolute atomic E-state index is 5.42. The molecule has 14 heavy (non-hydrogen) atoms. The Balaban J connectivity index is 1.78. The maximum atomic E-state index is 5.42. The summed E-state index contributed by atoms with van der Waals surface area (Å²) in [5.74, 6) is 0. The lowest BCUT2D eigenvalue weighted by atomic mass is 9.72. The van der Waals surface area contributed by atoms with Crippen LogP contribution in [0.2, 0.25) is 0 Å². The summed E-state index contributed by atoms with van der Waals surface area (Å²) >= 11 is 0. The highest BCUT2D eigenvalue weighted by Crippen LogP contribution is 2.40. The van der Waals surface area contributed by atoms with Gasteiger partial charge in [-0.2, -0.15) is 0 Å². The van der Waals surface area contributed by atoms with Crippen LogP contribution in [0.15, 0.2) is 0 Å². The molecule has 2 heteroatoms. The molecular weight excluding hydrogens is 174 g/mol. The van der Waals surface area contributed by atoms with Crippen LogP contribution in [0.1, 0.15) is 33.6 Å². The van der Waals surface area contributed by atoms with Gasteiger partial charge in [0, 0.05) is 38.3 Å². The zero-order valence-corrected chi connectivity index (χ0v) is 9.81. The van der Waals surface area contributed by atoms with E-state index < -0.39 is 0 Å². The van der Waals surface area contributed by atoms with E-state index in [1.54, 1.807) is 0 Å². The molecule has 2 nitrogen and oxygen atoms in total. The minimum absolute atomic E-state index is 0.451. The van der Waals surface area contributed by atoms with Crippen LogP contribution in [0.5, 0.6) is 0 Å². The average molecular weight is 197 g/mol. The first-order valence-electron chi connectivity index (χ1n) is 5.79. The minimum atomic E-state index is 0.451. The van der Waals surface area contributed by atoms with E-state index in [4.69, 9.17) is 4.74 Å². The van der Waals surface area contributed by atoms with Gasteiger partial charge < -0.3 is 9.64 Å². The lowest BCUT2D eigenvalue weighted by Gasteiger charge is -2.53. The Morgan fingerprint density at radius 1 is 1.14 bits per heavy atom. The molecule has 0 aromatic rings. The van der Waals surface area contributed by atoms with E-state index in [9.17, 15) is 0 Å². The molecule has 0 bridgehead atoms. The zero-order chi connectivity index (χ0) is 10.2. The number of ether oxygens (including phenoxy) is 1. The fourth-order valence-corrected chi connectivity index (χ4v) is 2.81. The lowest BCUT2D eigenvalue weighted by Crippen LogP contribution is -2.59. The molecular formula is C12H23NO. The molecule has 0 amide bonds. The van der Waals surface area contributed by atoms with Gasteiger partial charge in [0.2, 0.25) is 0 Å². The second-order valence-corrected chi connectivity index (χ2v) is 6.32. The number of hydrogen-bond acceptors (Lipinski definition) is 2. The van der Waals surface area contributed by atoms with E-state index in [0.29, 0.717) is 10.8 Å². The van der Waals surface area contributed by atoms with Crippen LogP contribution in [0.4, 0.5) is 0 Å². The van der Waals surface area contributed by atoms with Gasteiger partial charge in [0.25, 0.3) is 0 Å². The van der Waals surface area contributed by atoms with Crippen LogP contribution < -0.4 is 0 Å². The Kier molecular flexibility index (Phi) is 2.61. The number of hydrogen-bond donors (Lipinski definition) is 0. The average Bonchev–Trinajstić information content (AvgIpc) is 2.00. The van der Waals surface area contributed by atoms with E-state index in [1.807, 2.05) is 0 Å². The summed E-state index contributed by atoms with van der Waals surface area (Å²) in [4.78, 5) is 2.60. The van der Waals surface area contributed by atoms with Gasteiger partial charge in [-0.05, 0) is 18.3 Å². The van der Waals surface area contributed by atoms with E-state index in [0.717, 1.165) is 13.2 Å². The van der Waals surface area contributed by atoms with Crippen LogP contribution in [0.25, 0.3) is 0 Å². The third kappa shape index (κ3) is 2.29. The minimum Gasteiger partial charge on any atom is -0.381 e. The highest BCUT2D eigenvalue weighted by Gasteiger charge is 2.44. The second kappa shape index (κ2) is 3.49. The summed E-state index contributed by atoms with van der Waals surface area (Å²) in [5, 5.41) is 0. The summed E-state index contributed by atoms with van der Waals surface area (Å²) < 4.78 is 5.42. The SMILES string of the molecule is CC(C)(C)CN1CC2(CCOCC2)C1. The van der Waals surface area contributed by atoms with Gasteiger partial charge in [-0.3, -0.25) is 0 Å². The Morgan fingerprint density at radius 3 is 2.21 bits per heavy atom. The second-order valence-electron chi connectivity index (χ2n) is 6.32. The van der Waals surface area contributed by atoms with Crippen molar-refractivity contribution < 1.29 is 4.74 Å². The normalized spacial score (nSPS) is 27.6. The van der Waals surface area contributed by atoms with Crippen molar-refractivity contribution in [1.82, 2.24) is 4.90 Å². The van der Waals surface area contributed by atoms with Crippen molar-refractivity contribution >= 4 is 0 Å². The van der Waals surface area contributed by atoms with Crippen molar-refractivity contribution in [2.24, 2.45) is 10.8 Å². The van der Waals surface area contributed by atoms with Gasteiger partial charge in [0.15, 0.2) is 0 Å². The molecule has 0 unspecified atom stereocenters. The molecule has 2 aliphatic heterocycles. The fraction of sp³-hybridized carbons (Fsp3) is 1.00. The Bertz CT molecular complexity index is 193. The molecule has 1 spiro atoms. The Hall–Kier alpha value is -0.0800. The first kappa shape index (κ1) is 10.4. The Morgan fingerprint density at radius 2 is 1.71 bits per heavy atom. The van der Waals surface area contributed by atoms with Crippen LogP contribution in [-0.2, 0) is 4.74 Å². The van der Waals surface area contributed by atoms with Gasteiger partial charge >= 0.3 is 0 Å². The molecule has 0 aliphatic carbocycles. The largest absolute Gasteiger partial charge is 0.381 e. The molecule has 0 aromatic heterocycles. The van der Waals surface area contributed by atoms with Gasteiger partial charge in [0.1, 0.15) is 0 Å². The van der Waals surface area contributed by atoms with Crippen LogP contribution in [0.3, 0.4) is 0 Å². The summed E-state index contributed by atoms with van der Waals surface area (Å²) in [7, 11) is 0. The number of nitrogens with zero attached hydrogens (tertiary/aromatic N) is 1. The predicted molar refractivity (Wildman–Crippen MR) is 58.4 cm³/mol. The van der Waals surface area contributed by atoms with E-state index in [-0.39, 0.29) is 0 Å². The van der Waals surface area contributed by atoms with Gasteiger partial charge in [-0.1, -0.05) is 20.8 Å².